The fourth-order valence-electron chi connectivity index (χ4n) is 3.47. The number of halogens is 6. The third-order valence-corrected chi connectivity index (χ3v) is 5.99. The molecule has 1 fully saturated rings. The Labute approximate surface area is 199 Å². The molecule has 0 N–H and O–H groups in total. The number of hydrogen-bond acceptors (Lipinski definition) is 6. The molecule has 0 radical (unpaired) electrons. The number of carbonyl (C=O) groups excluding carboxylic acids is 1. The number of alkyl halides is 6. The Morgan fingerprint density at radius 2 is 1.80 bits per heavy atom. The average molecular weight is 516 g/mol. The molecule has 1 atom stereocenters. The first-order valence-electron chi connectivity index (χ1n) is 10.4. The van der Waals surface area contributed by atoms with Crippen LogP contribution >= 0.6 is 11.8 Å². The highest BCUT2D eigenvalue weighted by Gasteiger charge is 2.37. The maximum atomic E-state index is 13.5. The van der Waals surface area contributed by atoms with Gasteiger partial charge < -0.3 is 4.90 Å². The van der Waals surface area contributed by atoms with Crippen LogP contribution < -0.4 is 0 Å². The van der Waals surface area contributed by atoms with Gasteiger partial charge in [0.25, 0.3) is 11.9 Å². The van der Waals surface area contributed by atoms with Crippen molar-refractivity contribution in [3.8, 4) is 5.95 Å². The fourth-order valence-corrected chi connectivity index (χ4v) is 4.11. The minimum absolute atomic E-state index is 0.126. The molecule has 1 saturated carbocycles. The van der Waals surface area contributed by atoms with Crippen LogP contribution in [0.2, 0.25) is 0 Å². The highest BCUT2D eigenvalue weighted by molar-refractivity contribution is 8.00. The molecule has 0 bridgehead atoms. The average Bonchev–Trinajstić information content (AvgIpc) is 3.47. The molecule has 14 heteroatoms. The van der Waals surface area contributed by atoms with E-state index in [2.05, 4.69) is 20.1 Å². The fraction of sp³-hybridized carbons (Fsp3) is 0.381. The van der Waals surface area contributed by atoms with Crippen molar-refractivity contribution in [3.05, 3.63) is 59.9 Å². The zero-order valence-electron chi connectivity index (χ0n) is 18.1. The van der Waals surface area contributed by atoms with Crippen LogP contribution in [0.1, 0.15) is 47.6 Å². The van der Waals surface area contributed by atoms with E-state index in [0.29, 0.717) is 12.1 Å². The summed E-state index contributed by atoms with van der Waals surface area (Å²) in [5, 5.41) is 4.08. The van der Waals surface area contributed by atoms with Gasteiger partial charge in [0.1, 0.15) is 6.33 Å². The molecule has 0 aliphatic heterocycles. The molecule has 35 heavy (non-hydrogen) atoms. The maximum absolute atomic E-state index is 13.5. The minimum atomic E-state index is -4.94. The molecule has 0 saturated heterocycles. The van der Waals surface area contributed by atoms with Crippen molar-refractivity contribution in [2.24, 2.45) is 5.92 Å². The second kappa shape index (κ2) is 9.47. The van der Waals surface area contributed by atoms with Crippen LogP contribution in [0.15, 0.2) is 47.9 Å². The highest BCUT2D eigenvalue weighted by atomic mass is 32.2. The highest BCUT2D eigenvalue weighted by Crippen LogP contribution is 2.41. The molecule has 186 valence electrons. The lowest BCUT2D eigenvalue weighted by Gasteiger charge is -2.29. The van der Waals surface area contributed by atoms with Crippen molar-refractivity contribution in [2.75, 3.05) is 6.54 Å². The summed E-state index contributed by atoms with van der Waals surface area (Å²) in [6.45, 7) is 1.81. The van der Waals surface area contributed by atoms with Crippen LogP contribution in [0.3, 0.4) is 0 Å². The SMILES string of the molecule is CC(c1ncnn1-c1ncccn1)N(CC1CC1)C(=O)c1cc(SC(F)(F)F)cc(C(F)(F)F)c1. The van der Waals surface area contributed by atoms with Gasteiger partial charge >= 0.3 is 11.7 Å². The minimum Gasteiger partial charge on any atom is -0.328 e. The first-order valence-corrected chi connectivity index (χ1v) is 11.2. The summed E-state index contributed by atoms with van der Waals surface area (Å²) in [6, 6.07) is 2.58. The van der Waals surface area contributed by atoms with Gasteiger partial charge in [-0.2, -0.15) is 36.1 Å². The Morgan fingerprint density at radius 1 is 1.11 bits per heavy atom. The molecule has 2 aromatic heterocycles. The number of nitrogens with zero attached hydrogens (tertiary/aromatic N) is 6. The summed E-state index contributed by atoms with van der Waals surface area (Å²) in [4.78, 5) is 26.4. The first kappa shape index (κ1) is 24.9. The molecule has 4 rings (SSSR count). The molecule has 1 amide bonds. The second-order valence-electron chi connectivity index (χ2n) is 7.95. The second-order valence-corrected chi connectivity index (χ2v) is 9.09. The van der Waals surface area contributed by atoms with E-state index in [1.165, 1.54) is 28.3 Å². The lowest BCUT2D eigenvalue weighted by Crippen LogP contribution is -2.37. The van der Waals surface area contributed by atoms with Gasteiger partial charge in [-0.05, 0) is 61.7 Å². The van der Waals surface area contributed by atoms with Crippen LogP contribution in [0.4, 0.5) is 26.3 Å². The number of benzene rings is 1. The van der Waals surface area contributed by atoms with Crippen molar-refractivity contribution in [3.63, 3.8) is 0 Å². The van der Waals surface area contributed by atoms with Gasteiger partial charge in [0.2, 0.25) is 0 Å². The number of rotatable bonds is 7. The van der Waals surface area contributed by atoms with Gasteiger partial charge in [0, 0.05) is 29.4 Å². The van der Waals surface area contributed by atoms with Gasteiger partial charge in [0.15, 0.2) is 5.82 Å². The van der Waals surface area contributed by atoms with Crippen LogP contribution in [-0.4, -0.2) is 47.6 Å². The van der Waals surface area contributed by atoms with Crippen LogP contribution in [0, 0.1) is 5.92 Å². The number of aromatic nitrogens is 5. The van der Waals surface area contributed by atoms with Crippen molar-refractivity contribution in [2.45, 2.75) is 42.4 Å². The summed E-state index contributed by atoms with van der Waals surface area (Å²) in [7, 11) is 0. The standard InChI is InChI=1S/C21H18F6N6OS/c1-12(17-30-11-31-33(17)19-28-5-2-6-29-19)32(10-13-3-4-13)18(34)14-7-15(20(22,23)24)9-16(8-14)35-21(25,26)27/h2,5-9,11-13H,3-4,10H2,1H3. The van der Waals surface area contributed by atoms with Gasteiger partial charge in [-0.1, -0.05) is 0 Å². The summed E-state index contributed by atoms with van der Waals surface area (Å²) < 4.78 is 80.4. The summed E-state index contributed by atoms with van der Waals surface area (Å²) in [5.74, 6) is -0.292. The van der Waals surface area contributed by atoms with Crippen molar-refractivity contribution < 1.29 is 31.1 Å². The van der Waals surface area contributed by atoms with E-state index in [9.17, 15) is 31.1 Å². The number of amides is 1. The van der Waals surface area contributed by atoms with E-state index in [0.717, 1.165) is 18.9 Å². The van der Waals surface area contributed by atoms with E-state index >= 15 is 0 Å². The van der Waals surface area contributed by atoms with E-state index in [1.54, 1.807) is 13.0 Å². The molecule has 1 aliphatic rings. The molecule has 2 heterocycles. The molecular formula is C21H18F6N6OS. The first-order chi connectivity index (χ1) is 16.4. The zero-order valence-corrected chi connectivity index (χ0v) is 18.9. The Morgan fingerprint density at radius 3 is 2.40 bits per heavy atom. The molecule has 7 nitrogen and oxygen atoms in total. The number of carbonyl (C=O) groups is 1. The van der Waals surface area contributed by atoms with Gasteiger partial charge in [-0.3, -0.25) is 4.79 Å². The maximum Gasteiger partial charge on any atom is 0.446 e. The van der Waals surface area contributed by atoms with Crippen molar-refractivity contribution >= 4 is 17.7 Å². The molecule has 1 aliphatic carbocycles. The molecule has 3 aromatic rings. The van der Waals surface area contributed by atoms with Crippen LogP contribution in [-0.2, 0) is 6.18 Å². The molecule has 1 unspecified atom stereocenters. The zero-order chi connectivity index (χ0) is 25.4. The Balaban J connectivity index is 1.72. The third-order valence-electron chi connectivity index (χ3n) is 5.28. The Bertz CT molecular complexity index is 1200. The molecular weight excluding hydrogens is 498 g/mol. The summed E-state index contributed by atoms with van der Waals surface area (Å²) >= 11 is -0.707. The summed E-state index contributed by atoms with van der Waals surface area (Å²) in [6.07, 6.45) is 0.896. The normalized spacial score (nSPS) is 15.2. The van der Waals surface area contributed by atoms with Crippen LogP contribution in [0.25, 0.3) is 5.95 Å². The van der Waals surface area contributed by atoms with Gasteiger partial charge in [-0.15, -0.1) is 0 Å². The van der Waals surface area contributed by atoms with E-state index < -0.39 is 51.4 Å². The number of thioether (sulfide) groups is 1. The topological polar surface area (TPSA) is 76.8 Å². The van der Waals surface area contributed by atoms with E-state index in [-0.39, 0.29) is 24.2 Å². The third kappa shape index (κ3) is 6.10. The van der Waals surface area contributed by atoms with Gasteiger partial charge in [-0.25, -0.2) is 15.0 Å². The Hall–Kier alpha value is -3.16. The monoisotopic (exact) mass is 516 g/mol. The number of hydrogen-bond donors (Lipinski definition) is 0. The van der Waals surface area contributed by atoms with Crippen molar-refractivity contribution in [1.29, 1.82) is 0 Å². The lowest BCUT2D eigenvalue weighted by molar-refractivity contribution is -0.137. The van der Waals surface area contributed by atoms with Crippen LogP contribution in [0.5, 0.6) is 0 Å². The predicted octanol–water partition coefficient (Wildman–Crippen LogP) is 5.30. The smallest absolute Gasteiger partial charge is 0.328 e. The van der Waals surface area contributed by atoms with E-state index in [4.69, 9.17) is 0 Å². The quantitative estimate of drug-likeness (QED) is 0.313. The predicted molar refractivity (Wildman–Crippen MR) is 112 cm³/mol. The van der Waals surface area contributed by atoms with E-state index in [1.807, 2.05) is 0 Å². The lowest BCUT2D eigenvalue weighted by atomic mass is 10.1. The van der Waals surface area contributed by atoms with Gasteiger partial charge in [0.05, 0.1) is 11.6 Å². The molecule has 1 aromatic carbocycles. The van der Waals surface area contributed by atoms with Crippen molar-refractivity contribution in [1.82, 2.24) is 29.6 Å². The largest absolute Gasteiger partial charge is 0.446 e. The Kier molecular flexibility index (Phi) is 6.75. The molecule has 0 spiro atoms. The summed E-state index contributed by atoms with van der Waals surface area (Å²) in [5.41, 5.74) is -6.66.